The maximum absolute atomic E-state index is 5.05. The maximum atomic E-state index is 5.05. The van der Waals surface area contributed by atoms with Crippen LogP contribution in [-0.4, -0.2) is 55.6 Å². The number of imidazole rings is 2. The van der Waals surface area contributed by atoms with Gasteiger partial charge in [-0.3, -0.25) is 4.98 Å². The highest BCUT2D eigenvalue weighted by Crippen LogP contribution is 2.25. The molecule has 6 rings (SSSR count). The van der Waals surface area contributed by atoms with Crippen molar-refractivity contribution >= 4 is 28.0 Å². The van der Waals surface area contributed by atoms with Crippen molar-refractivity contribution in [1.29, 1.82) is 0 Å². The summed E-state index contributed by atoms with van der Waals surface area (Å²) in [5, 5.41) is 3.43. The van der Waals surface area contributed by atoms with Gasteiger partial charge in [0.15, 0.2) is 0 Å². The average Bonchev–Trinajstić information content (AvgIpc) is 3.47. The van der Waals surface area contributed by atoms with Crippen LogP contribution in [0.5, 0.6) is 0 Å². The topological polar surface area (TPSA) is 74.7 Å². The summed E-state index contributed by atoms with van der Waals surface area (Å²) in [6.45, 7) is 5.04. The molecule has 0 aliphatic carbocycles. The van der Waals surface area contributed by atoms with Gasteiger partial charge in [-0.25, -0.2) is 9.97 Å². The molecular weight excluding hydrogens is 434 g/mol. The monoisotopic (exact) mass is 465 g/mol. The van der Waals surface area contributed by atoms with Gasteiger partial charge in [0.05, 0.1) is 28.3 Å². The maximum Gasteiger partial charge on any atom is 0.201 e. The molecule has 4 heterocycles. The van der Waals surface area contributed by atoms with E-state index in [1.165, 1.54) is 29.7 Å². The normalized spacial score (nSPS) is 15.2. The first kappa shape index (κ1) is 21.8. The van der Waals surface area contributed by atoms with Crippen molar-refractivity contribution in [2.45, 2.75) is 25.8 Å². The molecule has 0 amide bonds. The fraction of sp³-hybridized carbons (Fsp3) is 0.321. The molecule has 5 aromatic rings. The van der Waals surface area contributed by atoms with Crippen LogP contribution in [-0.2, 0) is 13.0 Å². The van der Waals surface area contributed by atoms with Gasteiger partial charge in [-0.15, -0.1) is 0 Å². The second-order valence-corrected chi connectivity index (χ2v) is 9.48. The van der Waals surface area contributed by atoms with Crippen molar-refractivity contribution in [3.63, 3.8) is 0 Å². The number of hydrogen-bond donors (Lipinski definition) is 2. The molecule has 178 valence electrons. The van der Waals surface area contributed by atoms with Crippen molar-refractivity contribution < 1.29 is 0 Å². The van der Waals surface area contributed by atoms with E-state index in [0.717, 1.165) is 61.6 Å². The van der Waals surface area contributed by atoms with Crippen LogP contribution in [0.2, 0.25) is 0 Å². The van der Waals surface area contributed by atoms with Gasteiger partial charge in [0.2, 0.25) is 5.95 Å². The number of H-pyrrole nitrogens is 1. The number of aromatic nitrogens is 5. The first-order valence-corrected chi connectivity index (χ1v) is 12.6. The van der Waals surface area contributed by atoms with Gasteiger partial charge in [0.1, 0.15) is 5.82 Å². The molecule has 1 saturated heterocycles. The first-order valence-electron chi connectivity index (χ1n) is 12.6. The Morgan fingerprint density at radius 1 is 0.914 bits per heavy atom. The summed E-state index contributed by atoms with van der Waals surface area (Å²) in [6, 6.07) is 21.2. The molecule has 0 bridgehead atoms. The minimum atomic E-state index is 0.674. The molecular formula is C28H31N7. The number of likely N-dealkylation sites (tertiary alicyclic amines) is 1. The lowest BCUT2D eigenvalue weighted by molar-refractivity contribution is 0.188. The van der Waals surface area contributed by atoms with E-state index in [0.29, 0.717) is 5.92 Å². The van der Waals surface area contributed by atoms with E-state index in [1.54, 1.807) is 6.20 Å². The SMILES string of the molecule is c1ccc(Cn2c(CC3CCN(CCNc4nc5ccncc5[nH]4)CC3)nc3ccccc32)cc1. The van der Waals surface area contributed by atoms with Crippen LogP contribution >= 0.6 is 0 Å². The Labute approximate surface area is 205 Å². The quantitative estimate of drug-likeness (QED) is 0.347. The lowest BCUT2D eigenvalue weighted by atomic mass is 9.93. The Balaban J connectivity index is 1.05. The van der Waals surface area contributed by atoms with E-state index < -0.39 is 0 Å². The molecule has 2 N–H and O–H groups in total. The number of anilines is 1. The number of para-hydroxylation sites is 2. The summed E-state index contributed by atoms with van der Waals surface area (Å²) >= 11 is 0. The number of rotatable bonds is 8. The second-order valence-electron chi connectivity index (χ2n) is 9.48. The summed E-state index contributed by atoms with van der Waals surface area (Å²) in [4.78, 5) is 19.6. The first-order chi connectivity index (χ1) is 17.3. The van der Waals surface area contributed by atoms with Gasteiger partial charge in [0, 0.05) is 32.3 Å². The number of hydrogen-bond acceptors (Lipinski definition) is 5. The number of fused-ring (bicyclic) bond motifs is 2. The lowest BCUT2D eigenvalue weighted by Gasteiger charge is -2.31. The molecule has 3 aromatic heterocycles. The predicted octanol–water partition coefficient (Wildman–Crippen LogP) is 4.72. The van der Waals surface area contributed by atoms with Crippen LogP contribution in [0.4, 0.5) is 5.95 Å². The standard InChI is InChI=1S/C28H31N7/c1-2-6-22(7-3-1)20-35-26-9-5-4-8-24(26)31-27(35)18-21-11-15-34(16-12-21)17-14-30-28-32-23-10-13-29-19-25(23)33-28/h1-10,13,19,21H,11-12,14-18,20H2,(H2,30,32,33). The van der Waals surface area contributed by atoms with Crippen LogP contribution in [0.3, 0.4) is 0 Å². The molecule has 7 nitrogen and oxygen atoms in total. The fourth-order valence-electron chi connectivity index (χ4n) is 5.17. The molecule has 2 aromatic carbocycles. The molecule has 0 saturated carbocycles. The van der Waals surface area contributed by atoms with Gasteiger partial charge in [-0.05, 0) is 55.6 Å². The van der Waals surface area contributed by atoms with Gasteiger partial charge < -0.3 is 19.8 Å². The second kappa shape index (κ2) is 9.88. The molecule has 35 heavy (non-hydrogen) atoms. The summed E-state index contributed by atoms with van der Waals surface area (Å²) in [5.41, 5.74) is 5.56. The number of nitrogens with one attached hydrogen (secondary N) is 2. The summed E-state index contributed by atoms with van der Waals surface area (Å²) in [7, 11) is 0. The van der Waals surface area contributed by atoms with Crippen molar-refractivity contribution in [1.82, 2.24) is 29.4 Å². The number of benzene rings is 2. The Morgan fingerprint density at radius 2 is 1.74 bits per heavy atom. The zero-order valence-corrected chi connectivity index (χ0v) is 19.9. The molecule has 1 fully saturated rings. The van der Waals surface area contributed by atoms with E-state index >= 15 is 0 Å². The minimum Gasteiger partial charge on any atom is -0.355 e. The van der Waals surface area contributed by atoms with E-state index in [4.69, 9.17) is 4.98 Å². The Hall–Kier alpha value is -3.71. The molecule has 1 aliphatic heterocycles. The predicted molar refractivity (Wildman–Crippen MR) is 141 cm³/mol. The van der Waals surface area contributed by atoms with E-state index in [1.807, 2.05) is 12.3 Å². The molecule has 0 unspecified atom stereocenters. The highest BCUT2D eigenvalue weighted by Gasteiger charge is 2.22. The van der Waals surface area contributed by atoms with Gasteiger partial charge >= 0.3 is 0 Å². The molecule has 0 atom stereocenters. The van der Waals surface area contributed by atoms with Gasteiger partial charge in [0.25, 0.3) is 0 Å². The van der Waals surface area contributed by atoms with Gasteiger partial charge in [-0.1, -0.05) is 42.5 Å². The Bertz CT molecular complexity index is 1360. The molecule has 0 spiro atoms. The van der Waals surface area contributed by atoms with E-state index in [2.05, 4.69) is 84.3 Å². The van der Waals surface area contributed by atoms with Gasteiger partial charge in [-0.2, -0.15) is 0 Å². The molecule has 0 radical (unpaired) electrons. The molecule has 1 aliphatic rings. The van der Waals surface area contributed by atoms with E-state index in [9.17, 15) is 0 Å². The van der Waals surface area contributed by atoms with Crippen LogP contribution in [0, 0.1) is 5.92 Å². The fourth-order valence-corrected chi connectivity index (χ4v) is 5.17. The highest BCUT2D eigenvalue weighted by molar-refractivity contribution is 5.76. The smallest absolute Gasteiger partial charge is 0.201 e. The average molecular weight is 466 g/mol. The van der Waals surface area contributed by atoms with Crippen molar-refractivity contribution in [2.24, 2.45) is 5.92 Å². The van der Waals surface area contributed by atoms with Crippen molar-refractivity contribution in [3.8, 4) is 0 Å². The van der Waals surface area contributed by atoms with Crippen LogP contribution < -0.4 is 5.32 Å². The van der Waals surface area contributed by atoms with Crippen LogP contribution in [0.1, 0.15) is 24.2 Å². The zero-order valence-electron chi connectivity index (χ0n) is 19.9. The van der Waals surface area contributed by atoms with Crippen molar-refractivity contribution in [2.75, 3.05) is 31.5 Å². The van der Waals surface area contributed by atoms with Crippen LogP contribution in [0.15, 0.2) is 73.1 Å². The molecule has 7 heteroatoms. The summed E-state index contributed by atoms with van der Waals surface area (Å²) in [5.74, 6) is 2.71. The van der Waals surface area contributed by atoms with Crippen LogP contribution in [0.25, 0.3) is 22.1 Å². The van der Waals surface area contributed by atoms with Crippen molar-refractivity contribution in [3.05, 3.63) is 84.4 Å². The number of aromatic amines is 1. The third-order valence-corrected chi connectivity index (χ3v) is 7.10. The minimum absolute atomic E-state index is 0.674. The summed E-state index contributed by atoms with van der Waals surface area (Å²) in [6.07, 6.45) is 7.05. The third kappa shape index (κ3) is 4.91. The summed E-state index contributed by atoms with van der Waals surface area (Å²) < 4.78 is 2.42. The largest absolute Gasteiger partial charge is 0.355 e. The lowest BCUT2D eigenvalue weighted by Crippen LogP contribution is -2.37. The van der Waals surface area contributed by atoms with E-state index in [-0.39, 0.29) is 0 Å². The zero-order chi connectivity index (χ0) is 23.5. The highest BCUT2D eigenvalue weighted by atomic mass is 15.2. The Morgan fingerprint density at radius 3 is 2.60 bits per heavy atom. The number of nitrogens with zero attached hydrogens (tertiary/aromatic N) is 5. The number of pyridine rings is 1. The number of piperidine rings is 1. The Kier molecular flexibility index (Phi) is 6.15. The third-order valence-electron chi connectivity index (χ3n) is 7.10.